The molecule has 0 bridgehead atoms. The molecule has 0 aliphatic heterocycles. The normalized spacial score (nSPS) is 10.0. The Morgan fingerprint density at radius 2 is 1.62 bits per heavy atom. The molecule has 2 aromatic rings. The van der Waals surface area contributed by atoms with Gasteiger partial charge in [0.1, 0.15) is 0 Å². The van der Waals surface area contributed by atoms with Gasteiger partial charge in [0, 0.05) is 16.9 Å². The van der Waals surface area contributed by atoms with E-state index in [9.17, 15) is 9.59 Å². The number of para-hydroxylation sites is 1. The molecule has 0 atom stereocenters. The van der Waals surface area contributed by atoms with Gasteiger partial charge in [0.15, 0.2) is 5.78 Å². The number of carbonyl (C=O) groups excluding carboxylic acids is 2. The van der Waals surface area contributed by atoms with Gasteiger partial charge in [-0.05, 0) is 49.2 Å². The first kappa shape index (κ1) is 14.8. The van der Waals surface area contributed by atoms with Gasteiger partial charge in [0.2, 0.25) is 0 Å². The van der Waals surface area contributed by atoms with Crippen molar-refractivity contribution in [2.45, 2.75) is 20.3 Å². The van der Waals surface area contributed by atoms with Gasteiger partial charge in [0.05, 0.1) is 0 Å². The predicted octanol–water partition coefficient (Wildman–Crippen LogP) is 4.10. The fourth-order valence-electron chi connectivity index (χ4n) is 2.02. The van der Waals surface area contributed by atoms with Crippen LogP contribution in [-0.4, -0.2) is 11.8 Å². The Morgan fingerprint density at radius 3 is 2.24 bits per heavy atom. The number of benzene rings is 2. The minimum absolute atomic E-state index is 0.00266. The number of nitrogens with one attached hydrogen (secondary N) is 2. The minimum Gasteiger partial charge on any atom is -0.308 e. The van der Waals surface area contributed by atoms with E-state index in [4.69, 9.17) is 0 Å². The van der Waals surface area contributed by atoms with E-state index in [1.165, 1.54) is 6.92 Å². The van der Waals surface area contributed by atoms with Gasteiger partial charge in [-0.25, -0.2) is 4.79 Å². The van der Waals surface area contributed by atoms with Crippen molar-refractivity contribution in [2.75, 3.05) is 10.6 Å². The van der Waals surface area contributed by atoms with Crippen LogP contribution in [0.4, 0.5) is 16.2 Å². The highest BCUT2D eigenvalue weighted by Crippen LogP contribution is 2.16. The van der Waals surface area contributed by atoms with E-state index in [1.807, 2.05) is 31.2 Å². The standard InChI is InChI=1S/C17H18N2O2/c1-3-13-6-4-5-7-16(13)19-17(21)18-15-10-8-14(9-11-15)12(2)20/h4-11H,3H2,1-2H3,(H2,18,19,21). The van der Waals surface area contributed by atoms with Crippen LogP contribution in [0, 0.1) is 0 Å². The van der Waals surface area contributed by atoms with Crippen molar-refractivity contribution in [3.05, 3.63) is 59.7 Å². The summed E-state index contributed by atoms with van der Waals surface area (Å²) in [5.74, 6) is 0.00266. The Bertz CT molecular complexity index is 648. The average molecular weight is 282 g/mol. The van der Waals surface area contributed by atoms with Crippen LogP contribution in [0.15, 0.2) is 48.5 Å². The fraction of sp³-hybridized carbons (Fsp3) is 0.176. The Balaban J connectivity index is 2.03. The first-order valence-corrected chi connectivity index (χ1v) is 6.87. The number of amides is 2. The van der Waals surface area contributed by atoms with Gasteiger partial charge in [-0.2, -0.15) is 0 Å². The quantitative estimate of drug-likeness (QED) is 0.830. The summed E-state index contributed by atoms with van der Waals surface area (Å²) in [6, 6.07) is 14.2. The lowest BCUT2D eigenvalue weighted by molar-refractivity contribution is 0.101. The first-order chi connectivity index (χ1) is 10.1. The second kappa shape index (κ2) is 6.70. The predicted molar refractivity (Wildman–Crippen MR) is 84.9 cm³/mol. The second-order valence-corrected chi connectivity index (χ2v) is 4.72. The first-order valence-electron chi connectivity index (χ1n) is 6.87. The molecule has 0 aliphatic carbocycles. The van der Waals surface area contributed by atoms with Crippen molar-refractivity contribution in [3.8, 4) is 0 Å². The number of Topliss-reactive ketones (excluding diaryl/α,β-unsaturated/α-hetero) is 1. The smallest absolute Gasteiger partial charge is 0.308 e. The molecule has 2 amide bonds. The van der Waals surface area contributed by atoms with Crippen molar-refractivity contribution in [1.82, 2.24) is 0 Å². The summed E-state index contributed by atoms with van der Waals surface area (Å²) in [5, 5.41) is 5.58. The maximum atomic E-state index is 12.0. The molecule has 0 spiro atoms. The molecular weight excluding hydrogens is 264 g/mol. The lowest BCUT2D eigenvalue weighted by Crippen LogP contribution is -2.20. The van der Waals surface area contributed by atoms with Crippen LogP contribution in [0.5, 0.6) is 0 Å². The highest BCUT2D eigenvalue weighted by Gasteiger charge is 2.06. The van der Waals surface area contributed by atoms with Gasteiger partial charge in [0.25, 0.3) is 0 Å². The molecule has 0 saturated heterocycles. The average Bonchev–Trinajstić information content (AvgIpc) is 2.48. The molecule has 0 radical (unpaired) electrons. The summed E-state index contributed by atoms with van der Waals surface area (Å²) >= 11 is 0. The molecule has 21 heavy (non-hydrogen) atoms. The maximum absolute atomic E-state index is 12.0. The highest BCUT2D eigenvalue weighted by molar-refractivity contribution is 6.00. The van der Waals surface area contributed by atoms with Gasteiger partial charge in [-0.15, -0.1) is 0 Å². The third kappa shape index (κ3) is 3.92. The Labute approximate surface area is 124 Å². The summed E-state index contributed by atoms with van der Waals surface area (Å²) in [6.07, 6.45) is 0.851. The molecule has 2 rings (SSSR count). The van der Waals surface area contributed by atoms with Crippen LogP contribution in [0.1, 0.15) is 29.8 Å². The molecule has 0 aromatic heterocycles. The van der Waals surface area contributed by atoms with Crippen molar-refractivity contribution in [2.24, 2.45) is 0 Å². The van der Waals surface area contributed by atoms with Crippen molar-refractivity contribution < 1.29 is 9.59 Å². The van der Waals surface area contributed by atoms with E-state index in [0.29, 0.717) is 11.3 Å². The van der Waals surface area contributed by atoms with Crippen LogP contribution in [0.3, 0.4) is 0 Å². The van der Waals surface area contributed by atoms with Crippen molar-refractivity contribution >= 4 is 23.2 Å². The number of urea groups is 1. The Morgan fingerprint density at radius 1 is 0.952 bits per heavy atom. The van der Waals surface area contributed by atoms with E-state index in [0.717, 1.165) is 17.7 Å². The monoisotopic (exact) mass is 282 g/mol. The summed E-state index contributed by atoms with van der Waals surface area (Å²) in [7, 11) is 0. The molecule has 2 aromatic carbocycles. The molecule has 108 valence electrons. The maximum Gasteiger partial charge on any atom is 0.323 e. The zero-order chi connectivity index (χ0) is 15.2. The number of anilines is 2. The van der Waals surface area contributed by atoms with Crippen molar-refractivity contribution in [3.63, 3.8) is 0 Å². The third-order valence-corrected chi connectivity index (χ3v) is 3.20. The number of hydrogen-bond acceptors (Lipinski definition) is 2. The molecule has 0 saturated carbocycles. The van der Waals surface area contributed by atoms with E-state index < -0.39 is 0 Å². The van der Waals surface area contributed by atoms with E-state index in [-0.39, 0.29) is 11.8 Å². The van der Waals surface area contributed by atoms with Gasteiger partial charge in [-0.3, -0.25) is 4.79 Å². The largest absolute Gasteiger partial charge is 0.323 e. The SMILES string of the molecule is CCc1ccccc1NC(=O)Nc1ccc(C(C)=O)cc1. The molecule has 0 unspecified atom stereocenters. The number of aryl methyl sites for hydroxylation is 1. The molecule has 0 heterocycles. The Kier molecular flexibility index (Phi) is 4.72. The lowest BCUT2D eigenvalue weighted by atomic mass is 10.1. The summed E-state index contributed by atoms with van der Waals surface area (Å²) < 4.78 is 0. The van der Waals surface area contributed by atoms with Crippen LogP contribution in [0.25, 0.3) is 0 Å². The Hall–Kier alpha value is -2.62. The topological polar surface area (TPSA) is 58.2 Å². The number of rotatable bonds is 4. The van der Waals surface area contributed by atoms with E-state index in [1.54, 1.807) is 24.3 Å². The fourth-order valence-corrected chi connectivity index (χ4v) is 2.02. The zero-order valence-electron chi connectivity index (χ0n) is 12.1. The number of ketones is 1. The van der Waals surface area contributed by atoms with Gasteiger partial charge < -0.3 is 10.6 Å². The summed E-state index contributed by atoms with van der Waals surface area (Å²) in [5.41, 5.74) is 3.15. The minimum atomic E-state index is -0.300. The van der Waals surface area contributed by atoms with Crippen LogP contribution in [-0.2, 0) is 6.42 Å². The summed E-state index contributed by atoms with van der Waals surface area (Å²) in [4.78, 5) is 23.2. The molecule has 0 fully saturated rings. The highest BCUT2D eigenvalue weighted by atomic mass is 16.2. The number of hydrogen-bond donors (Lipinski definition) is 2. The molecule has 2 N–H and O–H groups in total. The zero-order valence-corrected chi connectivity index (χ0v) is 12.1. The second-order valence-electron chi connectivity index (χ2n) is 4.72. The molecule has 4 heteroatoms. The van der Waals surface area contributed by atoms with Crippen LogP contribution < -0.4 is 10.6 Å². The van der Waals surface area contributed by atoms with E-state index >= 15 is 0 Å². The van der Waals surface area contributed by atoms with E-state index in [2.05, 4.69) is 10.6 Å². The lowest BCUT2D eigenvalue weighted by Gasteiger charge is -2.11. The molecule has 0 aliphatic rings. The van der Waals surface area contributed by atoms with Gasteiger partial charge in [-0.1, -0.05) is 25.1 Å². The summed E-state index contributed by atoms with van der Waals surface area (Å²) in [6.45, 7) is 3.55. The third-order valence-electron chi connectivity index (χ3n) is 3.20. The van der Waals surface area contributed by atoms with Crippen LogP contribution >= 0.6 is 0 Å². The van der Waals surface area contributed by atoms with Crippen LogP contribution in [0.2, 0.25) is 0 Å². The van der Waals surface area contributed by atoms with Gasteiger partial charge >= 0.3 is 6.03 Å². The van der Waals surface area contributed by atoms with Crippen molar-refractivity contribution in [1.29, 1.82) is 0 Å². The molecule has 4 nitrogen and oxygen atoms in total. The molecular formula is C17H18N2O2. The number of carbonyl (C=O) groups is 2.